The normalized spacial score (nSPS) is 13.2. The predicted octanol–water partition coefficient (Wildman–Crippen LogP) is -2.60. The third-order valence-electron chi connectivity index (χ3n) is 3.27. The Morgan fingerprint density at radius 1 is 0.957 bits per heavy atom. The van der Waals surface area contributed by atoms with E-state index in [1.165, 1.54) is 0 Å². The smallest absolute Gasteiger partial charge is 0.242 e. The van der Waals surface area contributed by atoms with Crippen LogP contribution in [-0.2, 0) is 14.4 Å². The summed E-state index contributed by atoms with van der Waals surface area (Å²) in [7, 11) is 3.59. The van der Waals surface area contributed by atoms with Crippen LogP contribution in [0.4, 0.5) is 0 Å². The van der Waals surface area contributed by atoms with Gasteiger partial charge in [0, 0.05) is 19.5 Å². The maximum Gasteiger partial charge on any atom is 0.242 e. The van der Waals surface area contributed by atoms with Crippen LogP contribution in [0.2, 0.25) is 0 Å². The van der Waals surface area contributed by atoms with Gasteiger partial charge in [-0.15, -0.1) is 0 Å². The first-order chi connectivity index (χ1) is 10.9. The number of primary amides is 1. The first kappa shape index (κ1) is 21.3. The lowest BCUT2D eigenvalue weighted by atomic mass is 10.1. The Hall–Kier alpha value is -1.71. The highest BCUT2D eigenvalue weighted by atomic mass is 16.2. The van der Waals surface area contributed by atoms with Crippen LogP contribution in [0.25, 0.3) is 0 Å². The lowest BCUT2D eigenvalue weighted by Gasteiger charge is -2.20. The minimum absolute atomic E-state index is 0.0133. The molecule has 0 spiro atoms. The van der Waals surface area contributed by atoms with Gasteiger partial charge in [0.1, 0.15) is 6.04 Å². The van der Waals surface area contributed by atoms with Gasteiger partial charge in [-0.05, 0) is 39.9 Å². The van der Waals surface area contributed by atoms with Crippen molar-refractivity contribution < 1.29 is 14.4 Å². The molecule has 9 nitrogen and oxygen atoms in total. The SMILES string of the molecule is CNCCCC(N)C(=O)NC(CCC(N)=O)C(=O)NCCNC. The van der Waals surface area contributed by atoms with Crippen LogP contribution in [0.5, 0.6) is 0 Å². The predicted molar refractivity (Wildman–Crippen MR) is 88.4 cm³/mol. The van der Waals surface area contributed by atoms with Crippen LogP contribution in [0.3, 0.4) is 0 Å². The second-order valence-corrected chi connectivity index (χ2v) is 5.31. The van der Waals surface area contributed by atoms with Crippen molar-refractivity contribution in [3.63, 3.8) is 0 Å². The highest BCUT2D eigenvalue weighted by Gasteiger charge is 2.23. The Labute approximate surface area is 137 Å². The van der Waals surface area contributed by atoms with Crippen LogP contribution in [0.1, 0.15) is 25.7 Å². The average Bonchev–Trinajstić information content (AvgIpc) is 2.51. The zero-order valence-corrected chi connectivity index (χ0v) is 14.0. The zero-order valence-electron chi connectivity index (χ0n) is 14.0. The van der Waals surface area contributed by atoms with E-state index in [9.17, 15) is 14.4 Å². The molecule has 0 aromatic heterocycles. The first-order valence-electron chi connectivity index (χ1n) is 7.83. The molecule has 0 bridgehead atoms. The highest BCUT2D eigenvalue weighted by molar-refractivity contribution is 5.90. The second-order valence-electron chi connectivity index (χ2n) is 5.31. The van der Waals surface area contributed by atoms with Crippen LogP contribution in [-0.4, -0.2) is 63.5 Å². The number of amides is 3. The Kier molecular flexibility index (Phi) is 11.8. The molecule has 8 N–H and O–H groups in total. The first-order valence-corrected chi connectivity index (χ1v) is 7.83. The van der Waals surface area contributed by atoms with Crippen molar-refractivity contribution in [2.75, 3.05) is 33.7 Å². The van der Waals surface area contributed by atoms with E-state index < -0.39 is 23.9 Å². The zero-order chi connectivity index (χ0) is 17.7. The monoisotopic (exact) mass is 330 g/mol. The summed E-state index contributed by atoms with van der Waals surface area (Å²) in [5.41, 5.74) is 10.9. The van der Waals surface area contributed by atoms with Crippen LogP contribution in [0, 0.1) is 0 Å². The third kappa shape index (κ3) is 10.6. The summed E-state index contributed by atoms with van der Waals surface area (Å²) < 4.78 is 0. The summed E-state index contributed by atoms with van der Waals surface area (Å²) in [6.07, 6.45) is 1.43. The number of hydrogen-bond donors (Lipinski definition) is 6. The molecule has 2 unspecified atom stereocenters. The van der Waals surface area contributed by atoms with Crippen molar-refractivity contribution in [3.8, 4) is 0 Å². The van der Waals surface area contributed by atoms with Gasteiger partial charge < -0.3 is 32.7 Å². The molecule has 0 saturated carbocycles. The van der Waals surface area contributed by atoms with Crippen LogP contribution < -0.4 is 32.7 Å². The van der Waals surface area contributed by atoms with E-state index in [0.717, 1.165) is 13.0 Å². The van der Waals surface area contributed by atoms with E-state index in [1.807, 2.05) is 7.05 Å². The molecule has 0 saturated heterocycles. The lowest BCUT2D eigenvalue weighted by Crippen LogP contribution is -2.52. The van der Waals surface area contributed by atoms with Gasteiger partial charge in [-0.3, -0.25) is 14.4 Å². The fourth-order valence-corrected chi connectivity index (χ4v) is 1.90. The number of nitrogens with two attached hydrogens (primary N) is 2. The van der Waals surface area contributed by atoms with Gasteiger partial charge in [-0.2, -0.15) is 0 Å². The van der Waals surface area contributed by atoms with Crippen molar-refractivity contribution in [2.45, 2.75) is 37.8 Å². The molecule has 0 radical (unpaired) electrons. The topological polar surface area (TPSA) is 151 Å². The minimum atomic E-state index is -0.817. The summed E-state index contributed by atoms with van der Waals surface area (Å²) in [6.45, 7) is 1.79. The fourth-order valence-electron chi connectivity index (χ4n) is 1.90. The molecule has 9 heteroatoms. The number of carbonyl (C=O) groups excluding carboxylic acids is 3. The maximum atomic E-state index is 12.1. The Bertz CT molecular complexity index is 378. The van der Waals surface area contributed by atoms with Gasteiger partial charge in [0.25, 0.3) is 0 Å². The number of rotatable bonds is 13. The molecule has 134 valence electrons. The van der Waals surface area contributed by atoms with Gasteiger partial charge >= 0.3 is 0 Å². The van der Waals surface area contributed by atoms with Crippen LogP contribution in [0.15, 0.2) is 0 Å². The maximum absolute atomic E-state index is 12.1. The second kappa shape index (κ2) is 12.8. The minimum Gasteiger partial charge on any atom is -0.370 e. The summed E-state index contributed by atoms with van der Waals surface area (Å²) in [4.78, 5) is 35.1. The van der Waals surface area contributed by atoms with Crippen LogP contribution >= 0.6 is 0 Å². The van der Waals surface area contributed by atoms with Gasteiger partial charge in [0.2, 0.25) is 17.7 Å². The molecule has 3 amide bonds. The molecule has 0 heterocycles. The van der Waals surface area contributed by atoms with Crippen molar-refractivity contribution in [1.82, 2.24) is 21.3 Å². The van der Waals surface area contributed by atoms with Gasteiger partial charge in [-0.25, -0.2) is 0 Å². The molecule has 0 aromatic carbocycles. The van der Waals surface area contributed by atoms with E-state index in [0.29, 0.717) is 19.5 Å². The quantitative estimate of drug-likeness (QED) is 0.204. The van der Waals surface area contributed by atoms with E-state index in [-0.39, 0.29) is 18.7 Å². The molecule has 0 aliphatic heterocycles. The number of hydrogen-bond acceptors (Lipinski definition) is 6. The summed E-state index contributed by atoms with van der Waals surface area (Å²) in [5, 5.41) is 11.2. The van der Waals surface area contributed by atoms with Crippen molar-refractivity contribution in [3.05, 3.63) is 0 Å². The molecule has 0 aromatic rings. The molecule has 0 fully saturated rings. The molecular weight excluding hydrogens is 300 g/mol. The van der Waals surface area contributed by atoms with Crippen molar-refractivity contribution in [2.24, 2.45) is 11.5 Å². The van der Waals surface area contributed by atoms with Gasteiger partial charge in [0.15, 0.2) is 0 Å². The average molecular weight is 330 g/mol. The largest absolute Gasteiger partial charge is 0.370 e. The van der Waals surface area contributed by atoms with Gasteiger partial charge in [-0.1, -0.05) is 0 Å². The molecule has 0 aliphatic rings. The summed E-state index contributed by atoms with van der Waals surface area (Å²) >= 11 is 0. The molecule has 23 heavy (non-hydrogen) atoms. The Balaban J connectivity index is 4.50. The summed E-state index contributed by atoms with van der Waals surface area (Å²) in [5.74, 6) is -1.28. The highest BCUT2D eigenvalue weighted by Crippen LogP contribution is 2.00. The Morgan fingerprint density at radius 3 is 2.17 bits per heavy atom. The molecular formula is C14H30N6O3. The number of likely N-dealkylation sites (N-methyl/N-ethyl adjacent to an activating group) is 1. The fraction of sp³-hybridized carbons (Fsp3) is 0.786. The van der Waals surface area contributed by atoms with E-state index in [1.54, 1.807) is 7.05 Å². The van der Waals surface area contributed by atoms with Gasteiger partial charge in [0.05, 0.1) is 6.04 Å². The Morgan fingerprint density at radius 2 is 1.61 bits per heavy atom. The summed E-state index contributed by atoms with van der Waals surface area (Å²) in [6, 6.07) is -1.51. The standard InChI is InChI=1S/C14H30N6O3/c1-17-7-3-4-10(15)13(22)20-11(5-6-12(16)21)14(23)19-9-8-18-2/h10-11,17-18H,3-9,15H2,1-2H3,(H2,16,21)(H,19,23)(H,20,22). The number of nitrogens with one attached hydrogen (secondary N) is 4. The number of carbonyl (C=O) groups is 3. The van der Waals surface area contributed by atoms with E-state index in [4.69, 9.17) is 11.5 Å². The van der Waals surface area contributed by atoms with E-state index >= 15 is 0 Å². The third-order valence-corrected chi connectivity index (χ3v) is 3.27. The molecule has 0 aliphatic carbocycles. The van der Waals surface area contributed by atoms with E-state index in [2.05, 4.69) is 21.3 Å². The molecule has 0 rings (SSSR count). The van der Waals surface area contributed by atoms with Crippen molar-refractivity contribution >= 4 is 17.7 Å². The van der Waals surface area contributed by atoms with Crippen molar-refractivity contribution in [1.29, 1.82) is 0 Å². The molecule has 2 atom stereocenters. The lowest BCUT2D eigenvalue weighted by molar-refractivity contribution is -0.130.